The Labute approximate surface area is 90.2 Å². The molecule has 82 valence electrons. The standard InChI is InChI=1S/C12H17NO2/c1-14-11-4-2-9(3-5-11)12-8-10(13)6-7-15-12/h2-5,10,12H,6-8,13H2,1H3. The van der Waals surface area contributed by atoms with Gasteiger partial charge < -0.3 is 15.2 Å². The maximum atomic E-state index is 5.91. The summed E-state index contributed by atoms with van der Waals surface area (Å²) in [5, 5.41) is 0. The lowest BCUT2D eigenvalue weighted by Crippen LogP contribution is -2.30. The number of hydrogen-bond donors (Lipinski definition) is 1. The van der Waals surface area contributed by atoms with E-state index in [9.17, 15) is 0 Å². The van der Waals surface area contributed by atoms with Gasteiger partial charge in [0.15, 0.2) is 0 Å². The molecule has 1 aromatic rings. The molecule has 1 saturated heterocycles. The third-order valence-electron chi connectivity index (χ3n) is 2.81. The first kappa shape index (κ1) is 10.5. The Morgan fingerprint density at radius 3 is 2.67 bits per heavy atom. The number of methoxy groups -OCH3 is 1. The van der Waals surface area contributed by atoms with Crippen LogP contribution in [-0.2, 0) is 4.74 Å². The highest BCUT2D eigenvalue weighted by atomic mass is 16.5. The summed E-state index contributed by atoms with van der Waals surface area (Å²) in [6.07, 6.45) is 2.03. The van der Waals surface area contributed by atoms with E-state index in [1.165, 1.54) is 5.56 Å². The van der Waals surface area contributed by atoms with Gasteiger partial charge in [-0.15, -0.1) is 0 Å². The third-order valence-corrected chi connectivity index (χ3v) is 2.81. The van der Waals surface area contributed by atoms with E-state index in [1.807, 2.05) is 24.3 Å². The van der Waals surface area contributed by atoms with Crippen LogP contribution in [0.2, 0.25) is 0 Å². The average molecular weight is 207 g/mol. The molecule has 1 aliphatic heterocycles. The van der Waals surface area contributed by atoms with E-state index in [0.717, 1.165) is 25.2 Å². The number of nitrogens with two attached hydrogens (primary N) is 1. The van der Waals surface area contributed by atoms with Gasteiger partial charge in [0.25, 0.3) is 0 Å². The Hall–Kier alpha value is -1.06. The van der Waals surface area contributed by atoms with Crippen molar-refractivity contribution in [2.45, 2.75) is 25.0 Å². The summed E-state index contributed by atoms with van der Waals surface area (Å²) in [6.45, 7) is 0.762. The Kier molecular flexibility index (Phi) is 3.23. The predicted molar refractivity (Wildman–Crippen MR) is 58.9 cm³/mol. The Balaban J connectivity index is 2.07. The molecule has 2 unspecified atom stereocenters. The largest absolute Gasteiger partial charge is 0.497 e. The van der Waals surface area contributed by atoms with Gasteiger partial charge in [0.1, 0.15) is 5.75 Å². The van der Waals surface area contributed by atoms with E-state index in [2.05, 4.69) is 0 Å². The summed E-state index contributed by atoms with van der Waals surface area (Å²) in [7, 11) is 1.67. The molecular weight excluding hydrogens is 190 g/mol. The fourth-order valence-corrected chi connectivity index (χ4v) is 1.87. The summed E-state index contributed by atoms with van der Waals surface area (Å²) in [6, 6.07) is 8.27. The molecule has 2 atom stereocenters. The average Bonchev–Trinajstić information content (AvgIpc) is 2.29. The topological polar surface area (TPSA) is 44.5 Å². The van der Waals surface area contributed by atoms with Gasteiger partial charge in [0.05, 0.1) is 13.2 Å². The highest BCUT2D eigenvalue weighted by Gasteiger charge is 2.21. The van der Waals surface area contributed by atoms with Crippen LogP contribution >= 0.6 is 0 Å². The molecular formula is C12H17NO2. The van der Waals surface area contributed by atoms with Crippen LogP contribution in [0.3, 0.4) is 0 Å². The first-order valence-electron chi connectivity index (χ1n) is 5.30. The fourth-order valence-electron chi connectivity index (χ4n) is 1.87. The van der Waals surface area contributed by atoms with Crippen LogP contribution in [-0.4, -0.2) is 19.8 Å². The summed E-state index contributed by atoms with van der Waals surface area (Å²) in [5.41, 5.74) is 7.10. The normalized spacial score (nSPS) is 26.3. The molecule has 1 aromatic carbocycles. The number of benzene rings is 1. The van der Waals surface area contributed by atoms with Crippen LogP contribution in [0, 0.1) is 0 Å². The Morgan fingerprint density at radius 2 is 2.07 bits per heavy atom. The minimum Gasteiger partial charge on any atom is -0.497 e. The summed E-state index contributed by atoms with van der Waals surface area (Å²) in [4.78, 5) is 0. The van der Waals surface area contributed by atoms with Crippen molar-refractivity contribution in [1.29, 1.82) is 0 Å². The molecule has 0 spiro atoms. The zero-order chi connectivity index (χ0) is 10.7. The highest BCUT2D eigenvalue weighted by molar-refractivity contribution is 5.28. The molecule has 0 radical (unpaired) electrons. The van der Waals surface area contributed by atoms with Gasteiger partial charge in [-0.25, -0.2) is 0 Å². The van der Waals surface area contributed by atoms with Crippen LogP contribution < -0.4 is 10.5 Å². The van der Waals surface area contributed by atoms with Crippen LogP contribution in [0.15, 0.2) is 24.3 Å². The molecule has 0 bridgehead atoms. The van der Waals surface area contributed by atoms with E-state index in [0.29, 0.717) is 0 Å². The lowest BCUT2D eigenvalue weighted by Gasteiger charge is -2.27. The van der Waals surface area contributed by atoms with Gasteiger partial charge in [-0.05, 0) is 30.5 Å². The summed E-state index contributed by atoms with van der Waals surface area (Å²) in [5.74, 6) is 0.874. The van der Waals surface area contributed by atoms with Crippen LogP contribution in [0.25, 0.3) is 0 Å². The van der Waals surface area contributed by atoms with Gasteiger partial charge in [-0.3, -0.25) is 0 Å². The van der Waals surface area contributed by atoms with Crippen molar-refractivity contribution < 1.29 is 9.47 Å². The van der Waals surface area contributed by atoms with Crippen molar-refractivity contribution in [2.75, 3.05) is 13.7 Å². The predicted octanol–water partition coefficient (Wildman–Crippen LogP) is 1.87. The van der Waals surface area contributed by atoms with E-state index < -0.39 is 0 Å². The summed E-state index contributed by atoms with van der Waals surface area (Å²) < 4.78 is 10.8. The second kappa shape index (κ2) is 4.64. The minimum absolute atomic E-state index is 0.152. The maximum absolute atomic E-state index is 5.91. The number of rotatable bonds is 2. The molecule has 0 aliphatic carbocycles. The molecule has 1 heterocycles. The van der Waals surface area contributed by atoms with Gasteiger partial charge in [-0.2, -0.15) is 0 Å². The summed E-state index contributed by atoms with van der Waals surface area (Å²) >= 11 is 0. The van der Waals surface area contributed by atoms with Crippen molar-refractivity contribution in [3.05, 3.63) is 29.8 Å². The van der Waals surface area contributed by atoms with Crippen molar-refractivity contribution in [2.24, 2.45) is 5.73 Å². The van der Waals surface area contributed by atoms with Gasteiger partial charge in [0.2, 0.25) is 0 Å². The van der Waals surface area contributed by atoms with Gasteiger partial charge >= 0.3 is 0 Å². The maximum Gasteiger partial charge on any atom is 0.118 e. The molecule has 3 heteroatoms. The van der Waals surface area contributed by atoms with Crippen LogP contribution in [0.1, 0.15) is 24.5 Å². The van der Waals surface area contributed by atoms with E-state index in [-0.39, 0.29) is 12.1 Å². The van der Waals surface area contributed by atoms with E-state index >= 15 is 0 Å². The van der Waals surface area contributed by atoms with Gasteiger partial charge in [-0.1, -0.05) is 12.1 Å². The zero-order valence-corrected chi connectivity index (χ0v) is 8.98. The third kappa shape index (κ3) is 2.49. The lowest BCUT2D eigenvalue weighted by molar-refractivity contribution is 0.00666. The zero-order valence-electron chi connectivity index (χ0n) is 8.98. The Bertz CT molecular complexity index is 310. The van der Waals surface area contributed by atoms with Crippen molar-refractivity contribution in [1.82, 2.24) is 0 Å². The number of hydrogen-bond acceptors (Lipinski definition) is 3. The molecule has 3 nitrogen and oxygen atoms in total. The molecule has 0 saturated carbocycles. The quantitative estimate of drug-likeness (QED) is 0.805. The van der Waals surface area contributed by atoms with E-state index in [4.69, 9.17) is 15.2 Å². The molecule has 0 amide bonds. The van der Waals surface area contributed by atoms with Crippen molar-refractivity contribution in [3.63, 3.8) is 0 Å². The molecule has 2 N–H and O–H groups in total. The smallest absolute Gasteiger partial charge is 0.118 e. The monoisotopic (exact) mass is 207 g/mol. The highest BCUT2D eigenvalue weighted by Crippen LogP contribution is 2.28. The first-order chi connectivity index (χ1) is 7.29. The second-order valence-electron chi connectivity index (χ2n) is 3.92. The molecule has 15 heavy (non-hydrogen) atoms. The van der Waals surface area contributed by atoms with Gasteiger partial charge in [0, 0.05) is 12.6 Å². The fraction of sp³-hybridized carbons (Fsp3) is 0.500. The minimum atomic E-state index is 0.152. The molecule has 0 aromatic heterocycles. The van der Waals surface area contributed by atoms with Crippen molar-refractivity contribution in [3.8, 4) is 5.75 Å². The van der Waals surface area contributed by atoms with Crippen LogP contribution in [0.5, 0.6) is 5.75 Å². The Morgan fingerprint density at radius 1 is 1.33 bits per heavy atom. The SMILES string of the molecule is COc1ccc(C2CC(N)CCO2)cc1. The first-order valence-corrected chi connectivity index (χ1v) is 5.30. The molecule has 1 aliphatic rings. The molecule has 2 rings (SSSR count). The molecule has 1 fully saturated rings. The van der Waals surface area contributed by atoms with Crippen LogP contribution in [0.4, 0.5) is 0 Å². The number of ether oxygens (including phenoxy) is 2. The second-order valence-corrected chi connectivity index (χ2v) is 3.92. The van der Waals surface area contributed by atoms with Crippen molar-refractivity contribution >= 4 is 0 Å². The van der Waals surface area contributed by atoms with E-state index in [1.54, 1.807) is 7.11 Å². The lowest BCUT2D eigenvalue weighted by atomic mass is 9.98.